The van der Waals surface area contributed by atoms with E-state index < -0.39 is 29.9 Å². The van der Waals surface area contributed by atoms with E-state index >= 15 is 0 Å². The number of benzene rings is 2. The molecule has 0 bridgehead atoms. The lowest BCUT2D eigenvalue weighted by Crippen LogP contribution is -2.52. The molecule has 8 heteroatoms. The van der Waals surface area contributed by atoms with Gasteiger partial charge in [-0.05, 0) is 67.8 Å². The van der Waals surface area contributed by atoms with Gasteiger partial charge in [-0.2, -0.15) is 0 Å². The number of aliphatic hydroxyl groups is 4. The summed E-state index contributed by atoms with van der Waals surface area (Å²) in [5, 5.41) is 43.5. The highest BCUT2D eigenvalue weighted by Crippen LogP contribution is 2.36. The van der Waals surface area contributed by atoms with E-state index in [9.17, 15) is 20.4 Å². The van der Waals surface area contributed by atoms with Crippen LogP contribution in [0.25, 0.3) is 0 Å². The van der Waals surface area contributed by atoms with Gasteiger partial charge in [0.2, 0.25) is 0 Å². The molecule has 0 aromatic heterocycles. The van der Waals surface area contributed by atoms with E-state index in [0.29, 0.717) is 19.6 Å². The molecule has 0 radical (unpaired) electrons. The molecule has 34 heavy (non-hydrogen) atoms. The van der Waals surface area contributed by atoms with Gasteiger partial charge in [0, 0.05) is 12.1 Å². The average molecular weight is 492 g/mol. The van der Waals surface area contributed by atoms with E-state index in [1.165, 1.54) is 11.8 Å². The molecule has 1 aliphatic heterocycles. The standard InChI is InChI=1S/C26H37NO6S/c1-16-5-8-18(24-22(30)21(29)23(31)25(33-24)34-4)14-19(16)13-17-6-9-20(10-7-17)32-12-11-27-26(2,3)15-28/h5-10,14,21-25,27-31H,11-13,15H2,1-4H3/t21-,22-,23+,24+,25-/m1/s1. The van der Waals surface area contributed by atoms with E-state index in [2.05, 4.69) is 5.32 Å². The number of hydrogen-bond acceptors (Lipinski definition) is 8. The first-order valence-electron chi connectivity index (χ1n) is 11.5. The fourth-order valence-corrected chi connectivity index (χ4v) is 4.59. The molecule has 5 atom stereocenters. The molecule has 188 valence electrons. The zero-order valence-electron chi connectivity index (χ0n) is 20.3. The smallest absolute Gasteiger partial charge is 0.132 e. The second-order valence-corrected chi connectivity index (χ2v) is 10.4. The molecule has 0 aliphatic carbocycles. The molecule has 0 unspecified atom stereocenters. The molecule has 1 heterocycles. The van der Waals surface area contributed by atoms with Crippen molar-refractivity contribution >= 4 is 11.8 Å². The highest BCUT2D eigenvalue weighted by molar-refractivity contribution is 7.99. The monoisotopic (exact) mass is 491 g/mol. The normalized spacial score (nSPS) is 25.4. The van der Waals surface area contributed by atoms with E-state index in [-0.39, 0.29) is 12.1 Å². The topological polar surface area (TPSA) is 111 Å². The fraction of sp³-hybridized carbons (Fsp3) is 0.538. The van der Waals surface area contributed by atoms with E-state index in [4.69, 9.17) is 9.47 Å². The SMILES string of the molecule is CS[C@H]1O[C@@H](c2ccc(C)c(Cc3ccc(OCCNC(C)(C)CO)cc3)c2)[C@H](O)[C@@H](O)[C@@H]1O. The predicted molar refractivity (Wildman–Crippen MR) is 134 cm³/mol. The summed E-state index contributed by atoms with van der Waals surface area (Å²) >= 11 is 1.31. The summed E-state index contributed by atoms with van der Waals surface area (Å²) in [6.07, 6.45) is -1.82. The summed E-state index contributed by atoms with van der Waals surface area (Å²) in [5.41, 5.74) is 3.18. The van der Waals surface area contributed by atoms with Crippen LogP contribution in [0.15, 0.2) is 42.5 Å². The van der Waals surface area contributed by atoms with Crippen molar-refractivity contribution in [3.63, 3.8) is 0 Å². The summed E-state index contributed by atoms with van der Waals surface area (Å²) in [5.74, 6) is 0.784. The van der Waals surface area contributed by atoms with Gasteiger partial charge in [-0.1, -0.05) is 30.3 Å². The summed E-state index contributed by atoms with van der Waals surface area (Å²) in [6, 6.07) is 13.8. The number of aryl methyl sites for hydroxylation is 1. The second-order valence-electron chi connectivity index (χ2n) is 9.46. The van der Waals surface area contributed by atoms with Gasteiger partial charge in [-0.15, -0.1) is 11.8 Å². The van der Waals surface area contributed by atoms with Crippen molar-refractivity contribution in [3.05, 3.63) is 64.7 Å². The zero-order chi connectivity index (χ0) is 24.9. The van der Waals surface area contributed by atoms with Gasteiger partial charge >= 0.3 is 0 Å². The number of aliphatic hydroxyl groups excluding tert-OH is 4. The average Bonchev–Trinajstić information content (AvgIpc) is 2.83. The summed E-state index contributed by atoms with van der Waals surface area (Å²) in [4.78, 5) is 0. The number of thioether (sulfide) groups is 1. The van der Waals surface area contributed by atoms with Crippen LogP contribution < -0.4 is 10.1 Å². The maximum atomic E-state index is 10.5. The third kappa shape index (κ3) is 6.73. The number of nitrogens with one attached hydrogen (secondary N) is 1. The second kappa shape index (κ2) is 11.9. The van der Waals surface area contributed by atoms with Gasteiger partial charge < -0.3 is 35.2 Å². The first-order chi connectivity index (χ1) is 16.1. The van der Waals surface area contributed by atoms with Crippen molar-refractivity contribution in [1.82, 2.24) is 5.32 Å². The number of ether oxygens (including phenoxy) is 2. The maximum Gasteiger partial charge on any atom is 0.132 e. The van der Waals surface area contributed by atoms with Gasteiger partial charge in [0.25, 0.3) is 0 Å². The summed E-state index contributed by atoms with van der Waals surface area (Å²) < 4.78 is 11.7. The maximum absolute atomic E-state index is 10.5. The summed E-state index contributed by atoms with van der Waals surface area (Å²) in [6.45, 7) is 7.12. The Hall–Kier alpha value is -1.65. The van der Waals surface area contributed by atoms with Crippen LogP contribution in [0.5, 0.6) is 5.75 Å². The highest BCUT2D eigenvalue weighted by Gasteiger charge is 2.44. The lowest BCUT2D eigenvalue weighted by atomic mass is 9.91. The molecule has 5 N–H and O–H groups in total. The Balaban J connectivity index is 1.64. The van der Waals surface area contributed by atoms with Gasteiger partial charge in [0.15, 0.2) is 0 Å². The number of hydrogen-bond donors (Lipinski definition) is 5. The van der Waals surface area contributed by atoms with Crippen LogP contribution in [0.1, 0.15) is 42.2 Å². The van der Waals surface area contributed by atoms with Crippen molar-refractivity contribution in [2.45, 2.75) is 62.6 Å². The molecule has 7 nitrogen and oxygen atoms in total. The van der Waals surface area contributed by atoms with Crippen LogP contribution in [-0.2, 0) is 11.2 Å². The Bertz CT molecular complexity index is 920. The summed E-state index contributed by atoms with van der Waals surface area (Å²) in [7, 11) is 0. The van der Waals surface area contributed by atoms with Crippen LogP contribution in [0.4, 0.5) is 0 Å². The largest absolute Gasteiger partial charge is 0.492 e. The van der Waals surface area contributed by atoms with Crippen molar-refractivity contribution < 1.29 is 29.9 Å². The van der Waals surface area contributed by atoms with E-state index in [1.807, 2.05) is 63.2 Å². The van der Waals surface area contributed by atoms with Crippen molar-refractivity contribution in [1.29, 1.82) is 0 Å². The molecule has 2 aromatic carbocycles. The van der Waals surface area contributed by atoms with Crippen LogP contribution in [0.2, 0.25) is 0 Å². The molecule has 1 fully saturated rings. The fourth-order valence-electron chi connectivity index (χ4n) is 3.91. The molecule has 0 amide bonds. The van der Waals surface area contributed by atoms with Gasteiger partial charge in [-0.3, -0.25) is 0 Å². The minimum Gasteiger partial charge on any atom is -0.492 e. The molecular formula is C26H37NO6S. The molecule has 1 aliphatic rings. The minimum atomic E-state index is -1.27. The van der Waals surface area contributed by atoms with Crippen LogP contribution in [0.3, 0.4) is 0 Å². The molecule has 0 spiro atoms. The third-order valence-electron chi connectivity index (χ3n) is 6.19. The first-order valence-corrected chi connectivity index (χ1v) is 12.8. The Morgan fingerprint density at radius 3 is 2.38 bits per heavy atom. The Labute approximate surface area is 206 Å². The van der Waals surface area contributed by atoms with E-state index in [1.54, 1.807) is 6.26 Å². The lowest BCUT2D eigenvalue weighted by molar-refractivity contribution is -0.200. The van der Waals surface area contributed by atoms with E-state index in [0.717, 1.165) is 28.0 Å². The Kier molecular flexibility index (Phi) is 9.40. The quantitative estimate of drug-likeness (QED) is 0.322. The predicted octanol–water partition coefficient (Wildman–Crippen LogP) is 2.17. The highest BCUT2D eigenvalue weighted by atomic mass is 32.2. The third-order valence-corrected chi connectivity index (χ3v) is 7.05. The minimum absolute atomic E-state index is 0.0643. The lowest BCUT2D eigenvalue weighted by Gasteiger charge is -2.40. The molecular weight excluding hydrogens is 454 g/mol. The van der Waals surface area contributed by atoms with Crippen LogP contribution in [-0.4, -0.2) is 75.7 Å². The van der Waals surface area contributed by atoms with Crippen molar-refractivity contribution in [3.8, 4) is 5.75 Å². The molecule has 0 saturated carbocycles. The first kappa shape index (κ1) is 26.9. The van der Waals surface area contributed by atoms with Gasteiger partial charge in [-0.25, -0.2) is 0 Å². The van der Waals surface area contributed by atoms with Gasteiger partial charge in [0.05, 0.1) is 6.61 Å². The van der Waals surface area contributed by atoms with Crippen molar-refractivity contribution in [2.24, 2.45) is 0 Å². The number of rotatable bonds is 10. The Morgan fingerprint density at radius 1 is 1.03 bits per heavy atom. The van der Waals surface area contributed by atoms with Crippen LogP contribution >= 0.6 is 11.8 Å². The van der Waals surface area contributed by atoms with Crippen LogP contribution in [0, 0.1) is 6.92 Å². The molecule has 2 aromatic rings. The van der Waals surface area contributed by atoms with Crippen molar-refractivity contribution in [2.75, 3.05) is 26.0 Å². The van der Waals surface area contributed by atoms with Gasteiger partial charge in [0.1, 0.15) is 42.2 Å². The zero-order valence-corrected chi connectivity index (χ0v) is 21.1. The molecule has 3 rings (SSSR count). The molecule has 1 saturated heterocycles. The Morgan fingerprint density at radius 2 is 1.74 bits per heavy atom.